The van der Waals surface area contributed by atoms with E-state index in [1.54, 1.807) is 4.90 Å². The average Bonchev–Trinajstić information content (AvgIpc) is 3.25. The fourth-order valence-electron chi connectivity index (χ4n) is 3.19. The highest BCUT2D eigenvalue weighted by Crippen LogP contribution is 2.36. The van der Waals surface area contributed by atoms with Crippen molar-refractivity contribution in [1.82, 2.24) is 9.80 Å². The fourth-order valence-corrected chi connectivity index (χ4v) is 3.19. The van der Waals surface area contributed by atoms with Crippen molar-refractivity contribution < 1.29 is 19.1 Å². The first-order valence-corrected chi connectivity index (χ1v) is 8.19. The molecule has 2 saturated heterocycles. The van der Waals surface area contributed by atoms with Crippen LogP contribution in [-0.2, 0) is 14.3 Å². The molecular formula is C16H26N2O4. The summed E-state index contributed by atoms with van der Waals surface area (Å²) in [5.74, 6) is 0.114. The maximum absolute atomic E-state index is 12.1. The van der Waals surface area contributed by atoms with E-state index < -0.39 is 5.60 Å². The molecule has 22 heavy (non-hydrogen) atoms. The SMILES string of the molecule is CC(C)(C)OC(=O)N1CCC2(CC1)CN(C1CC1)C(=O)CO2. The predicted octanol–water partition coefficient (Wildman–Crippen LogP) is 1.78. The maximum atomic E-state index is 12.1. The van der Waals surface area contributed by atoms with Gasteiger partial charge in [0, 0.05) is 19.1 Å². The van der Waals surface area contributed by atoms with Gasteiger partial charge in [0.25, 0.3) is 0 Å². The van der Waals surface area contributed by atoms with E-state index >= 15 is 0 Å². The minimum atomic E-state index is -0.469. The van der Waals surface area contributed by atoms with Gasteiger partial charge in [-0.2, -0.15) is 0 Å². The third kappa shape index (κ3) is 3.37. The van der Waals surface area contributed by atoms with Crippen LogP contribution < -0.4 is 0 Å². The number of ether oxygens (including phenoxy) is 2. The Bertz CT molecular complexity index is 459. The highest BCUT2D eigenvalue weighted by Gasteiger charge is 2.46. The molecule has 6 heteroatoms. The van der Waals surface area contributed by atoms with Gasteiger partial charge < -0.3 is 19.3 Å². The first-order chi connectivity index (χ1) is 10.3. The molecule has 0 aromatic carbocycles. The molecule has 3 aliphatic rings. The molecule has 0 unspecified atom stereocenters. The Morgan fingerprint density at radius 1 is 1.27 bits per heavy atom. The molecule has 0 aromatic heterocycles. The first-order valence-electron chi connectivity index (χ1n) is 8.19. The maximum Gasteiger partial charge on any atom is 0.410 e. The van der Waals surface area contributed by atoms with Gasteiger partial charge in [-0.25, -0.2) is 4.79 Å². The van der Waals surface area contributed by atoms with Gasteiger partial charge in [0.1, 0.15) is 12.2 Å². The van der Waals surface area contributed by atoms with Gasteiger partial charge in [0.2, 0.25) is 5.91 Å². The van der Waals surface area contributed by atoms with Crippen LogP contribution in [0.25, 0.3) is 0 Å². The average molecular weight is 310 g/mol. The van der Waals surface area contributed by atoms with Crippen molar-refractivity contribution in [2.45, 2.75) is 63.7 Å². The molecule has 0 bridgehead atoms. The Morgan fingerprint density at radius 2 is 1.91 bits per heavy atom. The van der Waals surface area contributed by atoms with Crippen LogP contribution in [-0.4, -0.2) is 65.3 Å². The monoisotopic (exact) mass is 310 g/mol. The molecule has 3 rings (SSSR count). The molecule has 0 radical (unpaired) electrons. The fraction of sp³-hybridized carbons (Fsp3) is 0.875. The molecule has 0 aromatic rings. The van der Waals surface area contributed by atoms with Crippen molar-refractivity contribution in [3.05, 3.63) is 0 Å². The van der Waals surface area contributed by atoms with Crippen molar-refractivity contribution in [2.24, 2.45) is 0 Å². The second-order valence-electron chi connectivity index (χ2n) is 7.69. The second-order valence-corrected chi connectivity index (χ2v) is 7.69. The third-order valence-corrected chi connectivity index (χ3v) is 4.59. The van der Waals surface area contributed by atoms with Crippen LogP contribution in [0, 0.1) is 0 Å². The molecular weight excluding hydrogens is 284 g/mol. The van der Waals surface area contributed by atoms with Gasteiger partial charge in [-0.3, -0.25) is 4.79 Å². The molecule has 1 spiro atoms. The number of hydrogen-bond acceptors (Lipinski definition) is 4. The van der Waals surface area contributed by atoms with Crippen molar-refractivity contribution in [2.75, 3.05) is 26.2 Å². The summed E-state index contributed by atoms with van der Waals surface area (Å²) in [6.07, 6.45) is 3.51. The topological polar surface area (TPSA) is 59.1 Å². The smallest absolute Gasteiger partial charge is 0.410 e. The lowest BCUT2D eigenvalue weighted by atomic mass is 9.89. The summed E-state index contributed by atoms with van der Waals surface area (Å²) in [6.45, 7) is 7.74. The Labute approximate surface area is 131 Å². The summed E-state index contributed by atoms with van der Waals surface area (Å²) >= 11 is 0. The normalized spacial score (nSPS) is 25.5. The number of amides is 2. The van der Waals surface area contributed by atoms with Crippen LogP contribution in [0.3, 0.4) is 0 Å². The number of rotatable bonds is 1. The molecule has 1 aliphatic carbocycles. The lowest BCUT2D eigenvalue weighted by molar-refractivity contribution is -0.172. The number of hydrogen-bond donors (Lipinski definition) is 0. The zero-order chi connectivity index (χ0) is 16.0. The number of piperidine rings is 1. The third-order valence-electron chi connectivity index (χ3n) is 4.59. The Balaban J connectivity index is 1.56. The highest BCUT2D eigenvalue weighted by molar-refractivity contribution is 5.79. The summed E-state index contributed by atoms with van der Waals surface area (Å²) in [5, 5.41) is 0. The minimum absolute atomic E-state index is 0.114. The van der Waals surface area contributed by atoms with E-state index in [4.69, 9.17) is 9.47 Å². The van der Waals surface area contributed by atoms with E-state index in [1.807, 2.05) is 25.7 Å². The van der Waals surface area contributed by atoms with Gasteiger partial charge in [0.05, 0.1) is 12.1 Å². The molecule has 2 aliphatic heterocycles. The van der Waals surface area contributed by atoms with Crippen LogP contribution in [0.15, 0.2) is 0 Å². The van der Waals surface area contributed by atoms with E-state index in [0.717, 1.165) is 25.7 Å². The lowest BCUT2D eigenvalue weighted by Crippen LogP contribution is -2.59. The number of likely N-dealkylation sites (tertiary alicyclic amines) is 1. The van der Waals surface area contributed by atoms with E-state index in [1.165, 1.54) is 0 Å². The quantitative estimate of drug-likeness (QED) is 0.741. The molecule has 0 atom stereocenters. The van der Waals surface area contributed by atoms with Gasteiger partial charge in [0.15, 0.2) is 0 Å². The standard InChI is InChI=1S/C16H26N2O4/c1-15(2,3)22-14(20)17-8-6-16(7-9-17)11-18(12-4-5-12)13(19)10-21-16/h12H,4-11H2,1-3H3. The molecule has 2 heterocycles. The Kier molecular flexibility index (Phi) is 3.83. The van der Waals surface area contributed by atoms with Crippen molar-refractivity contribution in [3.63, 3.8) is 0 Å². The van der Waals surface area contributed by atoms with E-state index in [0.29, 0.717) is 25.7 Å². The van der Waals surface area contributed by atoms with Gasteiger partial charge in [-0.05, 0) is 46.5 Å². The van der Waals surface area contributed by atoms with Crippen molar-refractivity contribution in [3.8, 4) is 0 Å². The summed E-state index contributed by atoms with van der Waals surface area (Å²) in [7, 11) is 0. The summed E-state index contributed by atoms with van der Waals surface area (Å²) in [4.78, 5) is 27.8. The first kappa shape index (κ1) is 15.6. The van der Waals surface area contributed by atoms with Crippen LogP contribution in [0.2, 0.25) is 0 Å². The minimum Gasteiger partial charge on any atom is -0.444 e. The molecule has 6 nitrogen and oxygen atoms in total. The Hall–Kier alpha value is -1.30. The number of nitrogens with zero attached hydrogens (tertiary/aromatic N) is 2. The summed E-state index contributed by atoms with van der Waals surface area (Å²) < 4.78 is 11.3. The number of morpholine rings is 1. The second kappa shape index (κ2) is 5.41. The highest BCUT2D eigenvalue weighted by atomic mass is 16.6. The van der Waals surface area contributed by atoms with Crippen LogP contribution >= 0.6 is 0 Å². The number of carbonyl (C=O) groups excluding carboxylic acids is 2. The van der Waals surface area contributed by atoms with Gasteiger partial charge in [-0.15, -0.1) is 0 Å². The summed E-state index contributed by atoms with van der Waals surface area (Å²) in [5.41, 5.74) is -0.738. The predicted molar refractivity (Wildman–Crippen MR) is 80.5 cm³/mol. The lowest BCUT2D eigenvalue weighted by Gasteiger charge is -2.47. The molecule has 2 amide bonds. The van der Waals surface area contributed by atoms with Crippen LogP contribution in [0.1, 0.15) is 46.5 Å². The molecule has 3 fully saturated rings. The largest absolute Gasteiger partial charge is 0.444 e. The zero-order valence-electron chi connectivity index (χ0n) is 13.8. The zero-order valence-corrected chi connectivity index (χ0v) is 13.8. The van der Waals surface area contributed by atoms with Gasteiger partial charge in [-0.1, -0.05) is 0 Å². The van der Waals surface area contributed by atoms with E-state index in [-0.39, 0.29) is 24.2 Å². The van der Waals surface area contributed by atoms with E-state index in [9.17, 15) is 9.59 Å². The number of carbonyl (C=O) groups is 2. The molecule has 1 saturated carbocycles. The van der Waals surface area contributed by atoms with Crippen molar-refractivity contribution in [1.29, 1.82) is 0 Å². The van der Waals surface area contributed by atoms with Crippen LogP contribution in [0.4, 0.5) is 4.79 Å². The van der Waals surface area contributed by atoms with Crippen LogP contribution in [0.5, 0.6) is 0 Å². The summed E-state index contributed by atoms with van der Waals surface area (Å²) in [6, 6.07) is 0.428. The van der Waals surface area contributed by atoms with Gasteiger partial charge >= 0.3 is 6.09 Å². The van der Waals surface area contributed by atoms with Crippen molar-refractivity contribution >= 4 is 12.0 Å². The molecule has 0 N–H and O–H groups in total. The Morgan fingerprint density at radius 3 is 2.45 bits per heavy atom. The van der Waals surface area contributed by atoms with E-state index in [2.05, 4.69) is 0 Å². The molecule has 124 valence electrons.